The normalized spacial score (nSPS) is 21.2. The van der Waals surface area contributed by atoms with Crippen molar-refractivity contribution in [3.8, 4) is 0 Å². The predicted octanol–water partition coefficient (Wildman–Crippen LogP) is 1.71. The van der Waals surface area contributed by atoms with E-state index in [4.69, 9.17) is 0 Å². The molecule has 1 aromatic carbocycles. The molecular formula is C11H10BrNO2. The van der Waals surface area contributed by atoms with Gasteiger partial charge in [-0.25, -0.2) is 0 Å². The fraction of sp³-hybridized carbons (Fsp3) is 0.182. The Balaban J connectivity index is 2.29. The van der Waals surface area contributed by atoms with E-state index in [9.17, 15) is 9.90 Å². The summed E-state index contributed by atoms with van der Waals surface area (Å²) >= 11 is 3.32. The average molecular weight is 268 g/mol. The maximum absolute atomic E-state index is 11.7. The summed E-state index contributed by atoms with van der Waals surface area (Å²) in [6.45, 7) is 3.85. The second kappa shape index (κ2) is 3.79. The Labute approximate surface area is 96.1 Å². The minimum atomic E-state index is -0.749. The summed E-state index contributed by atoms with van der Waals surface area (Å²) in [6, 6.07) is 7.37. The topological polar surface area (TPSA) is 40.5 Å². The smallest absolute Gasteiger partial charge is 0.256 e. The largest absolute Gasteiger partial charge is 0.386 e. The maximum atomic E-state index is 11.7. The van der Waals surface area contributed by atoms with Gasteiger partial charge < -0.3 is 10.0 Å². The Morgan fingerprint density at radius 3 is 2.47 bits per heavy atom. The molecule has 15 heavy (non-hydrogen) atoms. The van der Waals surface area contributed by atoms with Crippen LogP contribution in [0, 0.1) is 0 Å². The molecule has 0 radical (unpaired) electrons. The van der Waals surface area contributed by atoms with Crippen molar-refractivity contribution >= 4 is 27.5 Å². The van der Waals surface area contributed by atoms with Crippen LogP contribution < -0.4 is 4.90 Å². The Bertz CT molecular complexity index is 413. The number of aliphatic hydroxyl groups is 1. The van der Waals surface area contributed by atoms with Gasteiger partial charge in [0.2, 0.25) is 0 Å². The van der Waals surface area contributed by atoms with Crippen molar-refractivity contribution in [1.82, 2.24) is 0 Å². The third-order valence-electron chi connectivity index (χ3n) is 2.42. The van der Waals surface area contributed by atoms with Gasteiger partial charge in [0.15, 0.2) is 0 Å². The van der Waals surface area contributed by atoms with Gasteiger partial charge in [0.1, 0.15) is 6.10 Å². The fourth-order valence-electron chi connectivity index (χ4n) is 1.53. The molecule has 1 atom stereocenters. The molecule has 0 spiro atoms. The summed E-state index contributed by atoms with van der Waals surface area (Å²) < 4.78 is 0.956. The number of hydrogen-bond acceptors (Lipinski definition) is 2. The first kappa shape index (κ1) is 10.4. The lowest BCUT2D eigenvalue weighted by molar-refractivity contribution is -0.114. The van der Waals surface area contributed by atoms with Gasteiger partial charge in [-0.1, -0.05) is 22.5 Å². The summed E-state index contributed by atoms with van der Waals surface area (Å²) in [6.07, 6.45) is -0.749. The van der Waals surface area contributed by atoms with Crippen LogP contribution in [-0.4, -0.2) is 23.7 Å². The molecule has 2 rings (SSSR count). The summed E-state index contributed by atoms with van der Waals surface area (Å²) in [5.74, 6) is -0.204. The molecule has 1 amide bonds. The van der Waals surface area contributed by atoms with Gasteiger partial charge in [-0.2, -0.15) is 0 Å². The van der Waals surface area contributed by atoms with E-state index in [0.29, 0.717) is 6.54 Å². The number of rotatable bonds is 1. The lowest BCUT2D eigenvalue weighted by Gasteiger charge is -2.15. The Morgan fingerprint density at radius 1 is 1.40 bits per heavy atom. The van der Waals surface area contributed by atoms with Crippen molar-refractivity contribution in [3.05, 3.63) is 40.9 Å². The van der Waals surface area contributed by atoms with E-state index in [1.165, 1.54) is 4.90 Å². The Kier molecular flexibility index (Phi) is 2.63. The van der Waals surface area contributed by atoms with E-state index in [2.05, 4.69) is 22.5 Å². The van der Waals surface area contributed by atoms with Gasteiger partial charge in [-0.05, 0) is 24.3 Å². The third kappa shape index (κ3) is 1.82. The van der Waals surface area contributed by atoms with E-state index >= 15 is 0 Å². The van der Waals surface area contributed by atoms with Gasteiger partial charge in [0.25, 0.3) is 5.91 Å². The minimum absolute atomic E-state index is 0.204. The number of β-amino-alcohol motifs (C(OH)–C–C–N with tert-alkyl or cyclic N) is 1. The molecule has 0 aliphatic carbocycles. The van der Waals surface area contributed by atoms with E-state index in [1.807, 2.05) is 24.3 Å². The zero-order chi connectivity index (χ0) is 11.0. The molecule has 1 aliphatic rings. The predicted molar refractivity (Wildman–Crippen MR) is 61.6 cm³/mol. The highest BCUT2D eigenvalue weighted by Gasteiger charge is 2.32. The monoisotopic (exact) mass is 267 g/mol. The van der Waals surface area contributed by atoms with Crippen LogP contribution in [0.4, 0.5) is 5.69 Å². The molecule has 0 saturated carbocycles. The average Bonchev–Trinajstić information content (AvgIpc) is 2.47. The molecule has 1 aromatic rings. The highest BCUT2D eigenvalue weighted by Crippen LogP contribution is 2.25. The molecule has 1 fully saturated rings. The Hall–Kier alpha value is -1.13. The number of hydrogen-bond donors (Lipinski definition) is 1. The molecule has 0 bridgehead atoms. The molecule has 0 unspecified atom stereocenters. The molecule has 4 heteroatoms. The van der Waals surface area contributed by atoms with E-state index in [0.717, 1.165) is 10.2 Å². The zero-order valence-electron chi connectivity index (χ0n) is 7.98. The SMILES string of the molecule is C=C1C(=O)N(c2ccc(Br)cc2)C[C@H]1O. The second-order valence-electron chi connectivity index (χ2n) is 3.43. The van der Waals surface area contributed by atoms with Gasteiger partial charge in [-0.3, -0.25) is 4.79 Å². The van der Waals surface area contributed by atoms with Crippen molar-refractivity contribution in [3.63, 3.8) is 0 Å². The second-order valence-corrected chi connectivity index (χ2v) is 4.35. The molecule has 3 nitrogen and oxygen atoms in total. The van der Waals surface area contributed by atoms with Crippen LogP contribution >= 0.6 is 15.9 Å². The number of anilines is 1. The van der Waals surface area contributed by atoms with Crippen LogP contribution in [-0.2, 0) is 4.79 Å². The van der Waals surface area contributed by atoms with Crippen molar-refractivity contribution in [2.45, 2.75) is 6.10 Å². The first-order valence-electron chi connectivity index (χ1n) is 4.54. The number of carbonyl (C=O) groups excluding carboxylic acids is 1. The lowest BCUT2D eigenvalue weighted by Crippen LogP contribution is -2.25. The summed E-state index contributed by atoms with van der Waals surface area (Å²) in [5, 5.41) is 9.48. The zero-order valence-corrected chi connectivity index (χ0v) is 9.57. The maximum Gasteiger partial charge on any atom is 0.256 e. The standard InChI is InChI=1S/C11H10BrNO2/c1-7-10(14)6-13(11(7)15)9-4-2-8(12)3-5-9/h2-5,10,14H,1,6H2/t10-/m1/s1. The summed E-state index contributed by atoms with van der Waals surface area (Å²) in [5.41, 5.74) is 1.04. The molecule has 78 valence electrons. The molecule has 1 N–H and O–H groups in total. The lowest BCUT2D eigenvalue weighted by atomic mass is 10.2. The number of amides is 1. The first-order chi connectivity index (χ1) is 7.09. The van der Waals surface area contributed by atoms with Crippen molar-refractivity contribution in [2.24, 2.45) is 0 Å². The molecule has 1 aliphatic heterocycles. The van der Waals surface area contributed by atoms with Crippen molar-refractivity contribution in [2.75, 3.05) is 11.4 Å². The van der Waals surface area contributed by atoms with Gasteiger partial charge >= 0.3 is 0 Å². The van der Waals surface area contributed by atoms with Crippen molar-refractivity contribution < 1.29 is 9.90 Å². The summed E-state index contributed by atoms with van der Waals surface area (Å²) in [7, 11) is 0. The van der Waals surface area contributed by atoms with Crippen LogP contribution in [0.1, 0.15) is 0 Å². The number of carbonyl (C=O) groups is 1. The highest BCUT2D eigenvalue weighted by atomic mass is 79.9. The molecule has 1 saturated heterocycles. The number of nitrogens with zero attached hydrogens (tertiary/aromatic N) is 1. The van der Waals surface area contributed by atoms with Crippen LogP contribution in [0.5, 0.6) is 0 Å². The number of halogens is 1. The first-order valence-corrected chi connectivity index (χ1v) is 5.33. The van der Waals surface area contributed by atoms with E-state index in [-0.39, 0.29) is 11.5 Å². The quantitative estimate of drug-likeness (QED) is 0.788. The molecule has 1 heterocycles. The highest BCUT2D eigenvalue weighted by molar-refractivity contribution is 9.10. The van der Waals surface area contributed by atoms with Gasteiger partial charge in [0.05, 0.1) is 6.54 Å². The molecule has 0 aromatic heterocycles. The van der Waals surface area contributed by atoms with Gasteiger partial charge in [0, 0.05) is 15.7 Å². The van der Waals surface area contributed by atoms with E-state index in [1.54, 1.807) is 0 Å². The minimum Gasteiger partial charge on any atom is -0.386 e. The third-order valence-corrected chi connectivity index (χ3v) is 2.94. The number of aliphatic hydroxyl groups excluding tert-OH is 1. The van der Waals surface area contributed by atoms with Crippen LogP contribution in [0.3, 0.4) is 0 Å². The summed E-state index contributed by atoms with van der Waals surface area (Å²) in [4.78, 5) is 13.2. The van der Waals surface area contributed by atoms with Crippen LogP contribution in [0.25, 0.3) is 0 Å². The van der Waals surface area contributed by atoms with Crippen LogP contribution in [0.2, 0.25) is 0 Å². The van der Waals surface area contributed by atoms with Crippen LogP contribution in [0.15, 0.2) is 40.9 Å². The van der Waals surface area contributed by atoms with E-state index < -0.39 is 6.10 Å². The molecular weight excluding hydrogens is 258 g/mol. The number of benzene rings is 1. The van der Waals surface area contributed by atoms with Gasteiger partial charge in [-0.15, -0.1) is 0 Å². The van der Waals surface area contributed by atoms with Crippen molar-refractivity contribution in [1.29, 1.82) is 0 Å². The fourth-order valence-corrected chi connectivity index (χ4v) is 1.79. The Morgan fingerprint density at radius 2 is 2.00 bits per heavy atom.